The van der Waals surface area contributed by atoms with Crippen LogP contribution < -0.4 is 5.32 Å². The Bertz CT molecular complexity index is 451. The maximum absolute atomic E-state index is 11.8. The van der Waals surface area contributed by atoms with E-state index >= 15 is 0 Å². The zero-order chi connectivity index (χ0) is 14.3. The first-order valence-corrected chi connectivity index (χ1v) is 6.49. The molecule has 0 bridgehead atoms. The molecule has 0 aliphatic carbocycles. The highest BCUT2D eigenvalue weighted by molar-refractivity contribution is 6.32. The van der Waals surface area contributed by atoms with Crippen molar-refractivity contribution >= 4 is 23.5 Å². The van der Waals surface area contributed by atoms with Gasteiger partial charge in [-0.15, -0.1) is 0 Å². The lowest BCUT2D eigenvalue weighted by Crippen LogP contribution is -2.26. The predicted octanol–water partition coefficient (Wildman–Crippen LogP) is 2.36. The maximum Gasteiger partial charge on any atom is 0.303 e. The fourth-order valence-electron chi connectivity index (χ4n) is 1.60. The minimum atomic E-state index is -0.793. The molecular formula is C13H17ClN2O3. The Morgan fingerprint density at radius 3 is 2.84 bits per heavy atom. The Kier molecular flexibility index (Phi) is 6.29. The van der Waals surface area contributed by atoms with Gasteiger partial charge in [0.1, 0.15) is 5.15 Å². The molecule has 1 heterocycles. The van der Waals surface area contributed by atoms with Gasteiger partial charge in [-0.1, -0.05) is 18.5 Å². The molecule has 1 atom stereocenters. The second kappa shape index (κ2) is 7.74. The molecule has 104 valence electrons. The lowest BCUT2D eigenvalue weighted by atomic mass is 10.0. The largest absolute Gasteiger partial charge is 0.481 e. The van der Waals surface area contributed by atoms with Crippen molar-refractivity contribution in [2.24, 2.45) is 5.92 Å². The molecule has 0 saturated heterocycles. The smallest absolute Gasteiger partial charge is 0.303 e. The lowest BCUT2D eigenvalue weighted by Gasteiger charge is -2.11. The monoisotopic (exact) mass is 284 g/mol. The number of nitrogens with one attached hydrogen (secondary N) is 1. The molecule has 1 amide bonds. The second-order valence-electron chi connectivity index (χ2n) is 4.42. The highest BCUT2D eigenvalue weighted by atomic mass is 35.5. The van der Waals surface area contributed by atoms with Crippen LogP contribution in [0, 0.1) is 5.92 Å². The summed E-state index contributed by atoms with van der Waals surface area (Å²) in [5.74, 6) is -0.803. The molecule has 0 fully saturated rings. The van der Waals surface area contributed by atoms with Crippen LogP contribution in [0.25, 0.3) is 0 Å². The average Bonchev–Trinajstić information content (AvgIpc) is 2.36. The summed E-state index contributed by atoms with van der Waals surface area (Å²) in [4.78, 5) is 26.0. The first kappa shape index (κ1) is 15.4. The van der Waals surface area contributed by atoms with E-state index in [1.807, 2.05) is 6.92 Å². The zero-order valence-corrected chi connectivity index (χ0v) is 11.5. The lowest BCUT2D eigenvalue weighted by molar-refractivity contribution is -0.137. The van der Waals surface area contributed by atoms with Gasteiger partial charge < -0.3 is 10.4 Å². The molecule has 19 heavy (non-hydrogen) atoms. The third-order valence-electron chi connectivity index (χ3n) is 2.78. The topological polar surface area (TPSA) is 79.3 Å². The van der Waals surface area contributed by atoms with Crippen LogP contribution in [-0.4, -0.2) is 28.5 Å². The summed E-state index contributed by atoms with van der Waals surface area (Å²) in [6.07, 6.45) is 3.02. The molecule has 0 saturated carbocycles. The number of amides is 1. The van der Waals surface area contributed by atoms with Crippen molar-refractivity contribution in [1.82, 2.24) is 10.3 Å². The Balaban J connectivity index is 2.31. The maximum atomic E-state index is 11.8. The summed E-state index contributed by atoms with van der Waals surface area (Å²) in [5.41, 5.74) is 0.349. The van der Waals surface area contributed by atoms with Crippen molar-refractivity contribution in [3.05, 3.63) is 29.0 Å². The predicted molar refractivity (Wildman–Crippen MR) is 72.2 cm³/mol. The third-order valence-corrected chi connectivity index (χ3v) is 3.08. The molecule has 0 aliphatic rings. The number of pyridine rings is 1. The van der Waals surface area contributed by atoms with Gasteiger partial charge in [-0.05, 0) is 30.9 Å². The molecule has 1 rings (SSSR count). The standard InChI is InChI=1S/C13H17ClN2O3/c1-9(4-5-11(17)18)6-8-16-13(19)10-3-2-7-15-12(10)14/h2-3,7,9H,4-6,8H2,1H3,(H,16,19)(H,17,18). The number of nitrogens with zero attached hydrogens (tertiary/aromatic N) is 1. The Morgan fingerprint density at radius 2 is 2.21 bits per heavy atom. The summed E-state index contributed by atoms with van der Waals surface area (Å²) in [7, 11) is 0. The fourth-order valence-corrected chi connectivity index (χ4v) is 1.80. The number of aliphatic carboxylic acids is 1. The normalized spacial score (nSPS) is 11.9. The number of hydrogen-bond donors (Lipinski definition) is 2. The number of halogens is 1. The van der Waals surface area contributed by atoms with Gasteiger partial charge in [-0.2, -0.15) is 0 Å². The van der Waals surface area contributed by atoms with E-state index in [1.54, 1.807) is 12.1 Å². The van der Waals surface area contributed by atoms with E-state index in [0.717, 1.165) is 6.42 Å². The van der Waals surface area contributed by atoms with E-state index in [-0.39, 0.29) is 23.4 Å². The van der Waals surface area contributed by atoms with Gasteiger partial charge in [-0.25, -0.2) is 4.98 Å². The summed E-state index contributed by atoms with van der Waals surface area (Å²) in [6, 6.07) is 3.26. The second-order valence-corrected chi connectivity index (χ2v) is 4.78. The number of rotatable bonds is 7. The molecule has 1 aromatic heterocycles. The van der Waals surface area contributed by atoms with Crippen LogP contribution in [-0.2, 0) is 4.79 Å². The van der Waals surface area contributed by atoms with Gasteiger partial charge >= 0.3 is 5.97 Å². The molecule has 0 aliphatic heterocycles. The summed E-state index contributed by atoms with van der Waals surface area (Å²) < 4.78 is 0. The molecule has 2 N–H and O–H groups in total. The quantitative estimate of drug-likeness (QED) is 0.753. The van der Waals surface area contributed by atoms with Gasteiger partial charge in [0.2, 0.25) is 0 Å². The van der Waals surface area contributed by atoms with Gasteiger partial charge in [-0.3, -0.25) is 9.59 Å². The molecule has 0 spiro atoms. The number of carbonyl (C=O) groups is 2. The third kappa shape index (κ3) is 5.70. The van der Waals surface area contributed by atoms with Crippen LogP contribution in [0.2, 0.25) is 5.15 Å². The molecule has 1 aromatic rings. The summed E-state index contributed by atoms with van der Waals surface area (Å²) in [6.45, 7) is 2.46. The molecular weight excluding hydrogens is 268 g/mol. The molecule has 1 unspecified atom stereocenters. The first-order chi connectivity index (χ1) is 9.00. The van der Waals surface area contributed by atoms with Crippen molar-refractivity contribution in [2.75, 3.05) is 6.54 Å². The minimum absolute atomic E-state index is 0.156. The molecule has 5 nitrogen and oxygen atoms in total. The number of carboxylic acids is 1. The number of carbonyl (C=O) groups excluding carboxylic acids is 1. The van der Waals surface area contributed by atoms with E-state index in [2.05, 4.69) is 10.3 Å². The van der Waals surface area contributed by atoms with Crippen molar-refractivity contribution < 1.29 is 14.7 Å². The van der Waals surface area contributed by atoms with E-state index in [9.17, 15) is 9.59 Å². The highest BCUT2D eigenvalue weighted by Gasteiger charge is 2.11. The van der Waals surface area contributed by atoms with Crippen molar-refractivity contribution in [3.8, 4) is 0 Å². The van der Waals surface area contributed by atoms with Crippen molar-refractivity contribution in [3.63, 3.8) is 0 Å². The summed E-state index contributed by atoms with van der Waals surface area (Å²) in [5, 5.41) is 11.5. The van der Waals surface area contributed by atoms with Crippen LogP contribution in [0.15, 0.2) is 18.3 Å². The molecule has 6 heteroatoms. The first-order valence-electron chi connectivity index (χ1n) is 6.11. The van der Waals surface area contributed by atoms with Crippen molar-refractivity contribution in [2.45, 2.75) is 26.2 Å². The Hall–Kier alpha value is -1.62. The molecule has 0 aromatic carbocycles. The average molecular weight is 285 g/mol. The van der Waals surface area contributed by atoms with Gasteiger partial charge in [0.15, 0.2) is 0 Å². The minimum Gasteiger partial charge on any atom is -0.481 e. The number of aromatic nitrogens is 1. The van der Waals surface area contributed by atoms with Crippen LogP contribution in [0.5, 0.6) is 0 Å². The summed E-state index contributed by atoms with van der Waals surface area (Å²) >= 11 is 5.81. The fraction of sp³-hybridized carbons (Fsp3) is 0.462. The van der Waals surface area contributed by atoms with E-state index in [4.69, 9.17) is 16.7 Å². The van der Waals surface area contributed by atoms with E-state index in [1.165, 1.54) is 6.20 Å². The van der Waals surface area contributed by atoms with E-state index in [0.29, 0.717) is 18.5 Å². The Labute approximate surface area is 117 Å². The highest BCUT2D eigenvalue weighted by Crippen LogP contribution is 2.12. The number of carboxylic acid groups (broad SMARTS) is 1. The van der Waals surface area contributed by atoms with Crippen LogP contribution >= 0.6 is 11.6 Å². The van der Waals surface area contributed by atoms with Crippen LogP contribution in [0.1, 0.15) is 36.5 Å². The molecule has 0 radical (unpaired) electrons. The van der Waals surface area contributed by atoms with Gasteiger partial charge in [0.25, 0.3) is 5.91 Å². The van der Waals surface area contributed by atoms with Gasteiger partial charge in [0.05, 0.1) is 5.56 Å². The van der Waals surface area contributed by atoms with Crippen LogP contribution in [0.4, 0.5) is 0 Å². The van der Waals surface area contributed by atoms with Gasteiger partial charge in [0, 0.05) is 19.2 Å². The van der Waals surface area contributed by atoms with Crippen molar-refractivity contribution in [1.29, 1.82) is 0 Å². The SMILES string of the molecule is CC(CCNC(=O)c1cccnc1Cl)CCC(=O)O. The number of hydrogen-bond acceptors (Lipinski definition) is 3. The zero-order valence-electron chi connectivity index (χ0n) is 10.7. The Morgan fingerprint density at radius 1 is 1.47 bits per heavy atom. The van der Waals surface area contributed by atoms with E-state index < -0.39 is 5.97 Å². The van der Waals surface area contributed by atoms with Crippen LogP contribution in [0.3, 0.4) is 0 Å².